The van der Waals surface area contributed by atoms with Crippen molar-refractivity contribution in [3.8, 4) is 0 Å². The molecule has 1 amide bonds. The number of hydrogen-bond donors (Lipinski definition) is 2. The number of benzene rings is 1. The van der Waals surface area contributed by atoms with E-state index in [0.29, 0.717) is 31.1 Å². The summed E-state index contributed by atoms with van der Waals surface area (Å²) in [5.41, 5.74) is 0.834. The first-order valence-corrected chi connectivity index (χ1v) is 11.4. The SMILES string of the molecule is CCOC(=O)c1cccc(NC(=O)OC2COC3C(NCC4CCCCC4)COC23)c1. The van der Waals surface area contributed by atoms with E-state index in [1.165, 1.54) is 32.1 Å². The average Bonchev–Trinajstić information content (AvgIpc) is 3.36. The Hall–Kier alpha value is -2.16. The first-order chi connectivity index (χ1) is 15.1. The fourth-order valence-electron chi connectivity index (χ4n) is 4.67. The zero-order valence-corrected chi connectivity index (χ0v) is 18.0. The third-order valence-corrected chi connectivity index (χ3v) is 6.28. The third-order valence-electron chi connectivity index (χ3n) is 6.28. The van der Waals surface area contributed by atoms with Crippen LogP contribution in [0, 0.1) is 5.92 Å². The molecule has 2 N–H and O–H groups in total. The number of ether oxygens (including phenoxy) is 4. The van der Waals surface area contributed by atoms with Gasteiger partial charge in [-0.25, -0.2) is 9.59 Å². The maximum absolute atomic E-state index is 12.4. The van der Waals surface area contributed by atoms with Crippen LogP contribution in [0.3, 0.4) is 0 Å². The van der Waals surface area contributed by atoms with E-state index < -0.39 is 18.2 Å². The average molecular weight is 433 g/mol. The van der Waals surface area contributed by atoms with Crippen molar-refractivity contribution < 1.29 is 28.5 Å². The Balaban J connectivity index is 1.25. The predicted molar refractivity (Wildman–Crippen MR) is 114 cm³/mol. The van der Waals surface area contributed by atoms with Crippen molar-refractivity contribution in [3.63, 3.8) is 0 Å². The Labute approximate surface area is 182 Å². The van der Waals surface area contributed by atoms with Gasteiger partial charge in [0.25, 0.3) is 0 Å². The molecule has 0 bridgehead atoms. The molecule has 1 saturated carbocycles. The summed E-state index contributed by atoms with van der Waals surface area (Å²) >= 11 is 0. The molecule has 1 aliphatic carbocycles. The molecular weight excluding hydrogens is 400 g/mol. The van der Waals surface area contributed by atoms with E-state index >= 15 is 0 Å². The van der Waals surface area contributed by atoms with Gasteiger partial charge in [0.2, 0.25) is 0 Å². The number of anilines is 1. The van der Waals surface area contributed by atoms with Crippen molar-refractivity contribution in [2.24, 2.45) is 5.92 Å². The van der Waals surface area contributed by atoms with Crippen LogP contribution < -0.4 is 10.6 Å². The van der Waals surface area contributed by atoms with Crippen LogP contribution >= 0.6 is 0 Å². The zero-order valence-electron chi connectivity index (χ0n) is 18.0. The molecule has 3 aliphatic rings. The van der Waals surface area contributed by atoms with Crippen LogP contribution in [0.4, 0.5) is 10.5 Å². The normalized spacial score (nSPS) is 28.2. The zero-order chi connectivity index (χ0) is 21.6. The molecule has 170 valence electrons. The summed E-state index contributed by atoms with van der Waals surface area (Å²) in [7, 11) is 0. The topological polar surface area (TPSA) is 95.1 Å². The lowest BCUT2D eigenvalue weighted by molar-refractivity contribution is 0.00850. The lowest BCUT2D eigenvalue weighted by Crippen LogP contribution is -2.43. The highest BCUT2D eigenvalue weighted by molar-refractivity contribution is 5.92. The summed E-state index contributed by atoms with van der Waals surface area (Å²) in [4.78, 5) is 24.3. The van der Waals surface area contributed by atoms with E-state index in [1.54, 1.807) is 31.2 Å². The number of nitrogens with one attached hydrogen (secondary N) is 2. The number of fused-ring (bicyclic) bond motifs is 1. The highest BCUT2D eigenvalue weighted by atomic mass is 16.6. The Morgan fingerprint density at radius 2 is 1.90 bits per heavy atom. The monoisotopic (exact) mass is 432 g/mol. The highest BCUT2D eigenvalue weighted by Crippen LogP contribution is 2.30. The maximum Gasteiger partial charge on any atom is 0.412 e. The van der Waals surface area contributed by atoms with Gasteiger partial charge in [0.15, 0.2) is 6.10 Å². The molecule has 4 rings (SSSR count). The van der Waals surface area contributed by atoms with Crippen molar-refractivity contribution >= 4 is 17.7 Å². The van der Waals surface area contributed by atoms with Crippen LogP contribution in [-0.2, 0) is 18.9 Å². The molecule has 1 aromatic rings. The van der Waals surface area contributed by atoms with Crippen LogP contribution in [0.5, 0.6) is 0 Å². The van der Waals surface area contributed by atoms with E-state index in [0.717, 1.165) is 12.5 Å². The lowest BCUT2D eigenvalue weighted by Gasteiger charge is -2.25. The summed E-state index contributed by atoms with van der Waals surface area (Å²) in [6.45, 7) is 3.90. The largest absolute Gasteiger partial charge is 0.462 e. The van der Waals surface area contributed by atoms with Crippen molar-refractivity contribution in [1.29, 1.82) is 0 Å². The fourth-order valence-corrected chi connectivity index (χ4v) is 4.67. The summed E-state index contributed by atoms with van der Waals surface area (Å²) in [6.07, 6.45) is 5.15. The van der Waals surface area contributed by atoms with Crippen LogP contribution in [0.15, 0.2) is 24.3 Å². The van der Waals surface area contributed by atoms with Gasteiger partial charge in [0.1, 0.15) is 12.2 Å². The van der Waals surface area contributed by atoms with Crippen LogP contribution in [-0.4, -0.2) is 62.8 Å². The molecule has 2 saturated heterocycles. The highest BCUT2D eigenvalue weighted by Gasteiger charge is 2.49. The smallest absolute Gasteiger partial charge is 0.412 e. The minimum atomic E-state index is -0.600. The molecule has 2 heterocycles. The van der Waals surface area contributed by atoms with Crippen LogP contribution in [0.2, 0.25) is 0 Å². The third kappa shape index (κ3) is 5.56. The van der Waals surface area contributed by atoms with Gasteiger partial charge in [-0.05, 0) is 50.4 Å². The molecule has 8 heteroatoms. The number of carbonyl (C=O) groups is 2. The van der Waals surface area contributed by atoms with Gasteiger partial charge in [0, 0.05) is 5.69 Å². The molecule has 8 nitrogen and oxygen atoms in total. The maximum atomic E-state index is 12.4. The molecule has 2 aliphatic heterocycles. The number of rotatable bonds is 7. The van der Waals surface area contributed by atoms with E-state index in [4.69, 9.17) is 18.9 Å². The van der Waals surface area contributed by atoms with Gasteiger partial charge < -0.3 is 24.3 Å². The molecule has 0 aromatic heterocycles. The molecule has 31 heavy (non-hydrogen) atoms. The van der Waals surface area contributed by atoms with Crippen molar-refractivity contribution in [3.05, 3.63) is 29.8 Å². The number of esters is 1. The predicted octanol–water partition coefficient (Wildman–Crippen LogP) is 3.12. The second kappa shape index (κ2) is 10.4. The van der Waals surface area contributed by atoms with Gasteiger partial charge in [0.05, 0.1) is 31.4 Å². The quantitative estimate of drug-likeness (QED) is 0.639. The van der Waals surface area contributed by atoms with Gasteiger partial charge >= 0.3 is 12.1 Å². The number of carbonyl (C=O) groups excluding carboxylic acids is 2. The first-order valence-electron chi connectivity index (χ1n) is 11.4. The van der Waals surface area contributed by atoms with Gasteiger partial charge in [-0.3, -0.25) is 5.32 Å². The lowest BCUT2D eigenvalue weighted by atomic mass is 9.89. The van der Waals surface area contributed by atoms with Gasteiger partial charge in [-0.1, -0.05) is 25.3 Å². The summed E-state index contributed by atoms with van der Waals surface area (Å²) in [6, 6.07) is 6.69. The van der Waals surface area contributed by atoms with E-state index in [-0.39, 0.29) is 18.2 Å². The molecule has 3 fully saturated rings. The molecule has 0 spiro atoms. The molecular formula is C23H32N2O6. The minimum absolute atomic E-state index is 0.103. The number of amides is 1. The Morgan fingerprint density at radius 1 is 1.10 bits per heavy atom. The minimum Gasteiger partial charge on any atom is -0.462 e. The van der Waals surface area contributed by atoms with E-state index in [9.17, 15) is 9.59 Å². The number of hydrogen-bond acceptors (Lipinski definition) is 7. The van der Waals surface area contributed by atoms with Crippen molar-refractivity contribution in [1.82, 2.24) is 5.32 Å². The second-order valence-electron chi connectivity index (χ2n) is 8.48. The van der Waals surface area contributed by atoms with Crippen LogP contribution in [0.25, 0.3) is 0 Å². The molecule has 4 unspecified atom stereocenters. The standard InChI is InChI=1S/C23H32N2O6/c1-2-28-22(26)16-9-6-10-17(11-16)25-23(27)31-19-14-30-20-18(13-29-21(19)20)24-12-15-7-4-3-5-8-15/h6,9-11,15,18-21,24H,2-5,7-8,12-14H2,1H3,(H,25,27). The van der Waals surface area contributed by atoms with Crippen molar-refractivity contribution in [2.75, 3.05) is 31.7 Å². The molecule has 1 aromatic carbocycles. The Kier molecular flexibility index (Phi) is 7.42. The van der Waals surface area contributed by atoms with E-state index in [2.05, 4.69) is 10.6 Å². The summed E-state index contributed by atoms with van der Waals surface area (Å²) < 4.78 is 22.4. The Morgan fingerprint density at radius 3 is 2.71 bits per heavy atom. The van der Waals surface area contributed by atoms with Crippen LogP contribution in [0.1, 0.15) is 49.4 Å². The van der Waals surface area contributed by atoms with Gasteiger partial charge in [-0.15, -0.1) is 0 Å². The Bertz CT molecular complexity index is 766. The summed E-state index contributed by atoms with van der Waals surface area (Å²) in [5, 5.41) is 6.28. The molecule has 0 radical (unpaired) electrons. The molecule has 4 atom stereocenters. The van der Waals surface area contributed by atoms with E-state index in [1.807, 2.05) is 0 Å². The summed E-state index contributed by atoms with van der Waals surface area (Å²) in [5.74, 6) is 0.301. The van der Waals surface area contributed by atoms with Crippen molar-refractivity contribution in [2.45, 2.75) is 63.4 Å². The van der Waals surface area contributed by atoms with Gasteiger partial charge in [-0.2, -0.15) is 0 Å². The first kappa shape index (κ1) is 22.0. The fraction of sp³-hybridized carbons (Fsp3) is 0.652. The second-order valence-corrected chi connectivity index (χ2v) is 8.48.